The lowest BCUT2D eigenvalue weighted by molar-refractivity contribution is 0.0448. The van der Waals surface area contributed by atoms with Crippen LogP contribution in [0.5, 0.6) is 0 Å². The molecule has 92 valence electrons. The fraction of sp³-hybridized carbons (Fsp3) is 0.533. The maximum absolute atomic E-state index is 10.4. The molecule has 0 spiro atoms. The van der Waals surface area contributed by atoms with Gasteiger partial charge in [0.25, 0.3) is 0 Å². The lowest BCUT2D eigenvalue weighted by Crippen LogP contribution is -2.21. The van der Waals surface area contributed by atoms with E-state index >= 15 is 0 Å². The Kier molecular flexibility index (Phi) is 5.18. The minimum Gasteiger partial charge on any atom is -0.385 e. The lowest BCUT2D eigenvalue weighted by atomic mass is 9.89. The normalized spacial score (nSPS) is 14.0. The molecule has 2 nitrogen and oxygen atoms in total. The molecule has 0 amide bonds. The number of hydrogen-bond acceptors (Lipinski definition) is 2. The van der Waals surface area contributed by atoms with Crippen LogP contribution in [0.3, 0.4) is 0 Å². The van der Waals surface area contributed by atoms with Crippen molar-refractivity contribution in [3.63, 3.8) is 0 Å². The van der Waals surface area contributed by atoms with E-state index in [1.165, 1.54) is 12.8 Å². The van der Waals surface area contributed by atoms with Crippen LogP contribution in [0.15, 0.2) is 24.3 Å². The van der Waals surface area contributed by atoms with Crippen LogP contribution >= 0.6 is 0 Å². The van der Waals surface area contributed by atoms with E-state index < -0.39 is 5.60 Å². The van der Waals surface area contributed by atoms with Crippen molar-refractivity contribution in [3.8, 4) is 6.07 Å². The van der Waals surface area contributed by atoms with E-state index in [9.17, 15) is 5.11 Å². The largest absolute Gasteiger partial charge is 0.385 e. The predicted octanol–water partition coefficient (Wildman–Crippen LogP) is 3.74. The molecule has 0 aliphatic rings. The molecule has 0 aliphatic heterocycles. The smallest absolute Gasteiger partial charge is 0.0991 e. The fourth-order valence-corrected chi connectivity index (χ4v) is 1.96. The Labute approximate surface area is 104 Å². The van der Waals surface area contributed by atoms with Crippen molar-refractivity contribution in [2.75, 3.05) is 0 Å². The summed E-state index contributed by atoms with van der Waals surface area (Å²) in [6, 6.07) is 9.36. The van der Waals surface area contributed by atoms with Gasteiger partial charge in [-0.2, -0.15) is 5.26 Å². The van der Waals surface area contributed by atoms with Crippen LogP contribution in [-0.4, -0.2) is 5.11 Å². The van der Waals surface area contributed by atoms with Crippen LogP contribution in [0.4, 0.5) is 0 Å². The zero-order valence-corrected chi connectivity index (χ0v) is 10.7. The van der Waals surface area contributed by atoms with Gasteiger partial charge in [0.2, 0.25) is 0 Å². The van der Waals surface area contributed by atoms with Crippen LogP contribution in [0.2, 0.25) is 0 Å². The van der Waals surface area contributed by atoms with Crippen molar-refractivity contribution < 1.29 is 5.11 Å². The quantitative estimate of drug-likeness (QED) is 0.758. The standard InChI is InChI=1S/C15H21NO/c1-3-4-5-6-10-15(2,17)14-9-7-8-13(11-14)12-16/h7-9,11,17H,3-6,10H2,1-2H3. The molecule has 0 bridgehead atoms. The second-order valence-corrected chi connectivity index (χ2v) is 4.78. The molecule has 17 heavy (non-hydrogen) atoms. The summed E-state index contributed by atoms with van der Waals surface area (Å²) in [6.45, 7) is 4.00. The summed E-state index contributed by atoms with van der Waals surface area (Å²) in [4.78, 5) is 0. The molecule has 0 heterocycles. The molecule has 0 aliphatic carbocycles. The van der Waals surface area contributed by atoms with Crippen molar-refractivity contribution in [1.82, 2.24) is 0 Å². The van der Waals surface area contributed by atoms with Crippen molar-refractivity contribution in [3.05, 3.63) is 35.4 Å². The third kappa shape index (κ3) is 4.20. The highest BCUT2D eigenvalue weighted by molar-refractivity contribution is 5.35. The highest BCUT2D eigenvalue weighted by atomic mass is 16.3. The molecule has 1 atom stereocenters. The highest BCUT2D eigenvalue weighted by Gasteiger charge is 2.22. The Morgan fingerprint density at radius 3 is 2.71 bits per heavy atom. The molecule has 1 aromatic carbocycles. The minimum atomic E-state index is -0.819. The third-order valence-electron chi connectivity index (χ3n) is 3.13. The summed E-state index contributed by atoms with van der Waals surface area (Å²) in [6.07, 6.45) is 5.35. The number of aliphatic hydroxyl groups is 1. The number of unbranched alkanes of at least 4 members (excludes halogenated alkanes) is 3. The van der Waals surface area contributed by atoms with Gasteiger partial charge >= 0.3 is 0 Å². The molecule has 1 N–H and O–H groups in total. The monoisotopic (exact) mass is 231 g/mol. The second-order valence-electron chi connectivity index (χ2n) is 4.78. The van der Waals surface area contributed by atoms with Crippen molar-refractivity contribution in [2.45, 2.75) is 51.6 Å². The molecule has 1 rings (SSSR count). The number of nitriles is 1. The zero-order chi connectivity index (χ0) is 12.7. The van der Waals surface area contributed by atoms with Crippen LogP contribution in [-0.2, 0) is 5.60 Å². The van der Waals surface area contributed by atoms with E-state index in [4.69, 9.17) is 5.26 Å². The molecule has 0 saturated carbocycles. The predicted molar refractivity (Wildman–Crippen MR) is 69.5 cm³/mol. The first kappa shape index (κ1) is 13.7. The third-order valence-corrected chi connectivity index (χ3v) is 3.13. The van der Waals surface area contributed by atoms with E-state index in [0.717, 1.165) is 24.8 Å². The van der Waals surface area contributed by atoms with Crippen LogP contribution in [0, 0.1) is 11.3 Å². The Morgan fingerprint density at radius 2 is 2.06 bits per heavy atom. The maximum atomic E-state index is 10.4. The molecule has 0 aromatic heterocycles. The van der Waals surface area contributed by atoms with Gasteiger partial charge in [-0.1, -0.05) is 44.7 Å². The van der Waals surface area contributed by atoms with Gasteiger partial charge in [-0.05, 0) is 31.0 Å². The van der Waals surface area contributed by atoms with Gasteiger partial charge < -0.3 is 5.11 Å². The van der Waals surface area contributed by atoms with Crippen LogP contribution < -0.4 is 0 Å². The summed E-state index contributed by atoms with van der Waals surface area (Å²) in [5.41, 5.74) is 0.630. The lowest BCUT2D eigenvalue weighted by Gasteiger charge is -2.24. The number of hydrogen-bond donors (Lipinski definition) is 1. The molecule has 1 unspecified atom stereocenters. The van der Waals surface area contributed by atoms with E-state index in [2.05, 4.69) is 13.0 Å². The van der Waals surface area contributed by atoms with Gasteiger partial charge in [-0.3, -0.25) is 0 Å². The van der Waals surface area contributed by atoms with Gasteiger partial charge in [0.1, 0.15) is 0 Å². The number of benzene rings is 1. The molecule has 1 aromatic rings. The highest BCUT2D eigenvalue weighted by Crippen LogP contribution is 2.27. The molecular formula is C15H21NO. The van der Waals surface area contributed by atoms with Crippen molar-refractivity contribution >= 4 is 0 Å². The van der Waals surface area contributed by atoms with Gasteiger partial charge in [0, 0.05) is 0 Å². The van der Waals surface area contributed by atoms with E-state index in [1.807, 2.05) is 19.1 Å². The summed E-state index contributed by atoms with van der Waals surface area (Å²) in [5.74, 6) is 0. The topological polar surface area (TPSA) is 44.0 Å². The second kappa shape index (κ2) is 6.42. The Bertz CT molecular complexity index is 390. The molecule has 0 radical (unpaired) electrons. The first-order chi connectivity index (χ1) is 8.10. The van der Waals surface area contributed by atoms with Gasteiger partial charge in [0.15, 0.2) is 0 Å². The Balaban J connectivity index is 2.65. The van der Waals surface area contributed by atoms with Gasteiger partial charge in [-0.15, -0.1) is 0 Å². The number of nitrogens with zero attached hydrogens (tertiary/aromatic N) is 1. The summed E-state index contributed by atoms with van der Waals surface area (Å²) >= 11 is 0. The van der Waals surface area contributed by atoms with Crippen molar-refractivity contribution in [2.24, 2.45) is 0 Å². The Hall–Kier alpha value is -1.33. The Morgan fingerprint density at radius 1 is 1.29 bits per heavy atom. The van der Waals surface area contributed by atoms with E-state index in [0.29, 0.717) is 5.56 Å². The first-order valence-electron chi connectivity index (χ1n) is 6.33. The van der Waals surface area contributed by atoms with Gasteiger partial charge in [-0.25, -0.2) is 0 Å². The van der Waals surface area contributed by atoms with E-state index in [-0.39, 0.29) is 0 Å². The average molecular weight is 231 g/mol. The van der Waals surface area contributed by atoms with E-state index in [1.54, 1.807) is 12.1 Å². The van der Waals surface area contributed by atoms with Crippen molar-refractivity contribution in [1.29, 1.82) is 5.26 Å². The molecular weight excluding hydrogens is 210 g/mol. The van der Waals surface area contributed by atoms with Crippen LogP contribution in [0.1, 0.15) is 57.1 Å². The maximum Gasteiger partial charge on any atom is 0.0991 e. The summed E-state index contributed by atoms with van der Waals surface area (Å²) < 4.78 is 0. The fourth-order valence-electron chi connectivity index (χ4n) is 1.96. The molecule has 0 saturated heterocycles. The molecule has 0 fully saturated rings. The average Bonchev–Trinajstić information content (AvgIpc) is 2.35. The SMILES string of the molecule is CCCCCCC(C)(O)c1cccc(C#N)c1. The van der Waals surface area contributed by atoms with Crippen LogP contribution in [0.25, 0.3) is 0 Å². The molecule has 2 heteroatoms. The summed E-state index contributed by atoms with van der Waals surface area (Å²) in [7, 11) is 0. The number of rotatable bonds is 6. The zero-order valence-electron chi connectivity index (χ0n) is 10.7. The van der Waals surface area contributed by atoms with Gasteiger partial charge in [0.05, 0.1) is 17.2 Å². The summed E-state index contributed by atoms with van der Waals surface area (Å²) in [5, 5.41) is 19.2. The minimum absolute atomic E-state index is 0.608. The first-order valence-corrected chi connectivity index (χ1v) is 6.33.